The molecule has 0 saturated heterocycles. The summed E-state index contributed by atoms with van der Waals surface area (Å²) in [5, 5.41) is 6.35. The van der Waals surface area contributed by atoms with Crippen molar-refractivity contribution in [2.45, 2.75) is 0 Å². The maximum atomic E-state index is 8.26. The highest BCUT2D eigenvalue weighted by atomic mass is 32.1. The molecule has 0 atom stereocenters. The topological polar surface area (TPSA) is 61.7 Å². The van der Waals surface area contributed by atoms with Crippen molar-refractivity contribution in [1.82, 2.24) is 4.37 Å². The number of aromatic nitrogens is 1. The lowest BCUT2D eigenvalue weighted by Crippen LogP contribution is -1.66. The molecule has 0 bridgehead atoms. The van der Waals surface area contributed by atoms with Gasteiger partial charge in [0.15, 0.2) is 0 Å². The standard InChI is InChI=1S/C7H4N4S/c8-11-9-6-2-1-3-7-5(6)4-12-10-7/h1-4H. The van der Waals surface area contributed by atoms with Crippen molar-refractivity contribution in [2.24, 2.45) is 5.11 Å². The first-order chi connectivity index (χ1) is 5.92. The van der Waals surface area contributed by atoms with Crippen molar-refractivity contribution in [3.63, 3.8) is 0 Å². The van der Waals surface area contributed by atoms with Gasteiger partial charge in [-0.05, 0) is 23.1 Å². The largest absolute Gasteiger partial charge is 0.193 e. The molecule has 0 unspecified atom stereocenters. The number of benzene rings is 1. The molecule has 2 aromatic rings. The first kappa shape index (κ1) is 7.09. The van der Waals surface area contributed by atoms with Crippen LogP contribution in [0.3, 0.4) is 0 Å². The lowest BCUT2D eigenvalue weighted by molar-refractivity contribution is 1.51. The van der Waals surface area contributed by atoms with E-state index >= 15 is 0 Å². The van der Waals surface area contributed by atoms with Gasteiger partial charge < -0.3 is 0 Å². The first-order valence-electron chi connectivity index (χ1n) is 3.30. The summed E-state index contributed by atoms with van der Waals surface area (Å²) in [6.45, 7) is 0. The Labute approximate surface area is 72.2 Å². The molecule has 1 aromatic heterocycles. The van der Waals surface area contributed by atoms with Crippen LogP contribution in [-0.2, 0) is 0 Å². The van der Waals surface area contributed by atoms with Crippen LogP contribution in [0.4, 0.5) is 5.69 Å². The van der Waals surface area contributed by atoms with Crippen molar-refractivity contribution in [3.05, 3.63) is 34.0 Å². The second-order valence-corrected chi connectivity index (χ2v) is 2.84. The third-order valence-corrected chi connectivity index (χ3v) is 2.18. The van der Waals surface area contributed by atoms with E-state index in [1.165, 1.54) is 11.5 Å². The summed E-state index contributed by atoms with van der Waals surface area (Å²) in [5.41, 5.74) is 9.78. The third kappa shape index (κ3) is 1.01. The van der Waals surface area contributed by atoms with Crippen LogP contribution in [0.5, 0.6) is 0 Å². The Kier molecular flexibility index (Phi) is 1.66. The van der Waals surface area contributed by atoms with Crippen molar-refractivity contribution < 1.29 is 0 Å². The molecule has 1 aromatic carbocycles. The molecule has 1 heterocycles. The molecule has 58 valence electrons. The van der Waals surface area contributed by atoms with Gasteiger partial charge in [-0.2, -0.15) is 4.37 Å². The maximum Gasteiger partial charge on any atom is 0.0845 e. The minimum Gasteiger partial charge on any atom is -0.193 e. The van der Waals surface area contributed by atoms with Gasteiger partial charge in [0.25, 0.3) is 0 Å². The second-order valence-electron chi connectivity index (χ2n) is 2.21. The van der Waals surface area contributed by atoms with E-state index in [0.29, 0.717) is 5.69 Å². The molecule has 0 aliphatic carbocycles. The number of rotatable bonds is 1. The summed E-state index contributed by atoms with van der Waals surface area (Å²) < 4.78 is 4.12. The SMILES string of the molecule is [N-]=[N+]=Nc1cccc2nscc12. The van der Waals surface area contributed by atoms with E-state index in [1.54, 1.807) is 6.07 Å². The minimum absolute atomic E-state index is 0.642. The van der Waals surface area contributed by atoms with Crippen molar-refractivity contribution in [3.8, 4) is 0 Å². The molecule has 0 aliphatic heterocycles. The number of azide groups is 1. The molecule has 0 N–H and O–H groups in total. The van der Waals surface area contributed by atoms with Crippen LogP contribution in [0.15, 0.2) is 28.7 Å². The lowest BCUT2D eigenvalue weighted by atomic mass is 10.2. The predicted octanol–water partition coefficient (Wildman–Crippen LogP) is 3.24. The minimum atomic E-state index is 0.642. The van der Waals surface area contributed by atoms with Crippen LogP contribution >= 0.6 is 11.5 Å². The summed E-state index contributed by atoms with van der Waals surface area (Å²) in [4.78, 5) is 2.74. The van der Waals surface area contributed by atoms with E-state index < -0.39 is 0 Å². The van der Waals surface area contributed by atoms with Gasteiger partial charge in [0.1, 0.15) is 0 Å². The predicted molar refractivity (Wildman–Crippen MR) is 48.4 cm³/mol. The van der Waals surface area contributed by atoms with E-state index in [1.807, 2.05) is 17.5 Å². The first-order valence-corrected chi connectivity index (χ1v) is 4.13. The van der Waals surface area contributed by atoms with Crippen LogP contribution in [0.1, 0.15) is 0 Å². The molecule has 2 rings (SSSR count). The Morgan fingerprint density at radius 2 is 2.42 bits per heavy atom. The highest BCUT2D eigenvalue weighted by Gasteiger charge is 1.99. The monoisotopic (exact) mass is 176 g/mol. The van der Waals surface area contributed by atoms with Gasteiger partial charge in [0.2, 0.25) is 0 Å². The molecule has 5 heteroatoms. The van der Waals surface area contributed by atoms with Gasteiger partial charge in [-0.25, -0.2) is 0 Å². The summed E-state index contributed by atoms with van der Waals surface area (Å²) >= 11 is 1.36. The average molecular weight is 176 g/mol. The molecule has 0 radical (unpaired) electrons. The average Bonchev–Trinajstić information content (AvgIpc) is 2.53. The zero-order chi connectivity index (χ0) is 8.39. The third-order valence-electron chi connectivity index (χ3n) is 1.53. The van der Waals surface area contributed by atoms with Crippen molar-refractivity contribution >= 4 is 28.1 Å². The number of hydrogen-bond donors (Lipinski definition) is 0. The van der Waals surface area contributed by atoms with E-state index in [9.17, 15) is 0 Å². The Balaban J connectivity index is 2.81. The van der Waals surface area contributed by atoms with Gasteiger partial charge >= 0.3 is 0 Å². The van der Waals surface area contributed by atoms with Gasteiger partial charge in [-0.3, -0.25) is 0 Å². The van der Waals surface area contributed by atoms with Gasteiger partial charge in [0, 0.05) is 21.4 Å². The Morgan fingerprint density at radius 3 is 3.25 bits per heavy atom. The number of fused-ring (bicyclic) bond motifs is 1. The van der Waals surface area contributed by atoms with Gasteiger partial charge in [-0.1, -0.05) is 17.2 Å². The highest BCUT2D eigenvalue weighted by molar-refractivity contribution is 7.04. The fraction of sp³-hybridized carbons (Fsp3) is 0. The summed E-state index contributed by atoms with van der Waals surface area (Å²) in [6.07, 6.45) is 0. The second kappa shape index (κ2) is 2.81. The lowest BCUT2D eigenvalue weighted by Gasteiger charge is -1.90. The molecule has 4 nitrogen and oxygen atoms in total. The maximum absolute atomic E-state index is 8.26. The molecule has 0 aliphatic rings. The van der Waals surface area contributed by atoms with Crippen molar-refractivity contribution in [2.75, 3.05) is 0 Å². The Bertz CT molecular complexity index is 455. The fourth-order valence-electron chi connectivity index (χ4n) is 1.01. The summed E-state index contributed by atoms with van der Waals surface area (Å²) in [6, 6.07) is 5.49. The van der Waals surface area contributed by atoms with E-state index in [2.05, 4.69) is 14.4 Å². The molecule has 0 saturated carbocycles. The molecular weight excluding hydrogens is 172 g/mol. The zero-order valence-corrected chi connectivity index (χ0v) is 6.82. The molecule has 12 heavy (non-hydrogen) atoms. The molecular formula is C7H4N4S. The summed E-state index contributed by atoms with van der Waals surface area (Å²) in [7, 11) is 0. The van der Waals surface area contributed by atoms with Crippen LogP contribution < -0.4 is 0 Å². The highest BCUT2D eigenvalue weighted by Crippen LogP contribution is 2.26. The number of hydrogen-bond acceptors (Lipinski definition) is 3. The Morgan fingerprint density at radius 1 is 1.50 bits per heavy atom. The van der Waals surface area contributed by atoms with Crippen LogP contribution in [0, 0.1) is 0 Å². The van der Waals surface area contributed by atoms with E-state index in [-0.39, 0.29) is 0 Å². The molecule has 0 amide bonds. The van der Waals surface area contributed by atoms with Gasteiger partial charge in [0.05, 0.1) is 5.52 Å². The van der Waals surface area contributed by atoms with Gasteiger partial charge in [-0.15, -0.1) is 0 Å². The van der Waals surface area contributed by atoms with E-state index in [0.717, 1.165) is 10.9 Å². The zero-order valence-electron chi connectivity index (χ0n) is 6.01. The smallest absolute Gasteiger partial charge is 0.0845 e. The Hall–Kier alpha value is -1.58. The van der Waals surface area contributed by atoms with Crippen LogP contribution in [0.2, 0.25) is 0 Å². The van der Waals surface area contributed by atoms with E-state index in [4.69, 9.17) is 5.53 Å². The quantitative estimate of drug-likeness (QED) is 0.373. The number of nitrogens with zero attached hydrogens (tertiary/aromatic N) is 4. The molecule has 0 spiro atoms. The fourth-order valence-corrected chi connectivity index (χ4v) is 1.69. The van der Waals surface area contributed by atoms with Crippen LogP contribution in [0.25, 0.3) is 21.3 Å². The van der Waals surface area contributed by atoms with Crippen molar-refractivity contribution in [1.29, 1.82) is 0 Å². The summed E-state index contributed by atoms with van der Waals surface area (Å²) in [5.74, 6) is 0. The molecule has 0 fully saturated rings. The normalized spacial score (nSPS) is 9.67. The van der Waals surface area contributed by atoms with Crippen LogP contribution in [-0.4, -0.2) is 4.37 Å².